The van der Waals surface area contributed by atoms with Gasteiger partial charge in [-0.2, -0.15) is 0 Å². The molecular formula is C14H18ClNO. The summed E-state index contributed by atoms with van der Waals surface area (Å²) in [6.07, 6.45) is 3.30. The molecule has 0 radical (unpaired) electrons. The number of nitrogens with one attached hydrogen (secondary N) is 1. The highest BCUT2D eigenvalue weighted by atomic mass is 35.5. The number of hydrogen-bond donors (Lipinski definition) is 1. The van der Waals surface area contributed by atoms with Gasteiger partial charge in [-0.1, -0.05) is 37.6 Å². The lowest BCUT2D eigenvalue weighted by Gasteiger charge is -2.04. The minimum atomic E-state index is -0.0737. The average molecular weight is 252 g/mol. The van der Waals surface area contributed by atoms with Crippen molar-refractivity contribution in [2.24, 2.45) is 5.92 Å². The van der Waals surface area contributed by atoms with Gasteiger partial charge in [0.2, 0.25) is 5.91 Å². The lowest BCUT2D eigenvalue weighted by Crippen LogP contribution is -2.25. The fourth-order valence-electron chi connectivity index (χ4n) is 1.25. The van der Waals surface area contributed by atoms with Crippen molar-refractivity contribution >= 4 is 23.6 Å². The highest BCUT2D eigenvalue weighted by Crippen LogP contribution is 2.17. The molecule has 0 fully saturated rings. The molecule has 0 aliphatic carbocycles. The van der Waals surface area contributed by atoms with Crippen molar-refractivity contribution in [3.05, 3.63) is 40.4 Å². The number of carbonyl (C=O) groups is 1. The molecule has 0 unspecified atom stereocenters. The largest absolute Gasteiger partial charge is 0.352 e. The SMILES string of the molecule is Cc1ccc(/C=C/C(=O)NCC(C)C)cc1Cl. The van der Waals surface area contributed by atoms with Crippen molar-refractivity contribution in [1.82, 2.24) is 5.32 Å². The van der Waals surface area contributed by atoms with Gasteiger partial charge in [-0.05, 0) is 36.1 Å². The minimum absolute atomic E-state index is 0.0737. The van der Waals surface area contributed by atoms with Crippen molar-refractivity contribution < 1.29 is 4.79 Å². The maximum absolute atomic E-state index is 11.4. The van der Waals surface area contributed by atoms with E-state index in [1.807, 2.05) is 25.1 Å². The summed E-state index contributed by atoms with van der Waals surface area (Å²) in [5.74, 6) is 0.386. The van der Waals surface area contributed by atoms with E-state index in [0.29, 0.717) is 12.5 Å². The van der Waals surface area contributed by atoms with Gasteiger partial charge in [-0.3, -0.25) is 4.79 Å². The van der Waals surface area contributed by atoms with Crippen LogP contribution in [0.3, 0.4) is 0 Å². The summed E-state index contributed by atoms with van der Waals surface area (Å²) in [6, 6.07) is 5.73. The topological polar surface area (TPSA) is 29.1 Å². The second kappa shape index (κ2) is 6.45. The molecule has 0 saturated carbocycles. The maximum Gasteiger partial charge on any atom is 0.244 e. The molecule has 0 saturated heterocycles. The zero-order valence-electron chi connectivity index (χ0n) is 10.5. The predicted octanol–water partition coefficient (Wildman–Crippen LogP) is 3.43. The fraction of sp³-hybridized carbons (Fsp3) is 0.357. The summed E-state index contributed by atoms with van der Waals surface area (Å²) < 4.78 is 0. The maximum atomic E-state index is 11.4. The molecule has 3 heteroatoms. The van der Waals surface area contributed by atoms with Gasteiger partial charge in [-0.15, -0.1) is 0 Å². The Labute approximate surface area is 108 Å². The van der Waals surface area contributed by atoms with Gasteiger partial charge in [0.1, 0.15) is 0 Å². The molecule has 0 heterocycles. The number of rotatable bonds is 4. The van der Waals surface area contributed by atoms with Gasteiger partial charge in [0, 0.05) is 17.6 Å². The minimum Gasteiger partial charge on any atom is -0.352 e. The monoisotopic (exact) mass is 251 g/mol. The van der Waals surface area contributed by atoms with E-state index in [9.17, 15) is 4.79 Å². The van der Waals surface area contributed by atoms with Crippen LogP contribution in [0.1, 0.15) is 25.0 Å². The highest BCUT2D eigenvalue weighted by molar-refractivity contribution is 6.31. The third kappa shape index (κ3) is 5.05. The lowest BCUT2D eigenvalue weighted by atomic mass is 10.1. The molecule has 0 aliphatic heterocycles. The van der Waals surface area contributed by atoms with Crippen LogP contribution in [0.2, 0.25) is 5.02 Å². The number of aryl methyl sites for hydroxylation is 1. The van der Waals surface area contributed by atoms with E-state index in [1.165, 1.54) is 6.08 Å². The molecule has 1 rings (SSSR count). The smallest absolute Gasteiger partial charge is 0.244 e. The summed E-state index contributed by atoms with van der Waals surface area (Å²) in [4.78, 5) is 11.4. The number of amides is 1. The molecule has 0 atom stereocenters. The van der Waals surface area contributed by atoms with E-state index in [-0.39, 0.29) is 5.91 Å². The first kappa shape index (κ1) is 13.8. The predicted molar refractivity (Wildman–Crippen MR) is 73.1 cm³/mol. The number of hydrogen-bond acceptors (Lipinski definition) is 1. The Balaban J connectivity index is 2.58. The molecule has 0 spiro atoms. The van der Waals surface area contributed by atoms with Crippen LogP contribution >= 0.6 is 11.6 Å². The fourth-order valence-corrected chi connectivity index (χ4v) is 1.44. The van der Waals surface area contributed by atoms with E-state index < -0.39 is 0 Å². The van der Waals surface area contributed by atoms with Crippen molar-refractivity contribution in [1.29, 1.82) is 0 Å². The Kier molecular flexibility index (Phi) is 5.23. The van der Waals surface area contributed by atoms with Gasteiger partial charge in [-0.25, -0.2) is 0 Å². The summed E-state index contributed by atoms with van der Waals surface area (Å²) in [5, 5.41) is 3.54. The van der Waals surface area contributed by atoms with Gasteiger partial charge in [0.05, 0.1) is 0 Å². The first-order chi connectivity index (χ1) is 7.99. The standard InChI is InChI=1S/C14H18ClNO/c1-10(2)9-16-14(17)7-6-12-5-4-11(3)13(15)8-12/h4-8,10H,9H2,1-3H3,(H,16,17)/b7-6+. The van der Waals surface area contributed by atoms with E-state index >= 15 is 0 Å². The van der Waals surface area contributed by atoms with Crippen molar-refractivity contribution in [2.45, 2.75) is 20.8 Å². The van der Waals surface area contributed by atoms with Crippen molar-refractivity contribution in [2.75, 3.05) is 6.54 Å². The van der Waals surface area contributed by atoms with E-state index in [1.54, 1.807) is 6.08 Å². The Hall–Kier alpha value is -1.28. The Morgan fingerprint density at radius 3 is 2.76 bits per heavy atom. The van der Waals surface area contributed by atoms with Gasteiger partial charge in [0.15, 0.2) is 0 Å². The molecule has 17 heavy (non-hydrogen) atoms. The van der Waals surface area contributed by atoms with E-state index in [4.69, 9.17) is 11.6 Å². The van der Waals surface area contributed by atoms with Gasteiger partial charge in [0.25, 0.3) is 0 Å². The first-order valence-electron chi connectivity index (χ1n) is 5.71. The molecule has 0 aliphatic rings. The first-order valence-corrected chi connectivity index (χ1v) is 6.09. The van der Waals surface area contributed by atoms with Crippen LogP contribution < -0.4 is 5.32 Å². The molecule has 1 amide bonds. The summed E-state index contributed by atoms with van der Waals surface area (Å²) >= 11 is 6.00. The number of halogens is 1. The molecule has 0 bridgehead atoms. The zero-order valence-corrected chi connectivity index (χ0v) is 11.2. The molecule has 2 nitrogen and oxygen atoms in total. The number of benzene rings is 1. The average Bonchev–Trinajstić information content (AvgIpc) is 2.28. The second-order valence-electron chi connectivity index (χ2n) is 4.48. The Morgan fingerprint density at radius 2 is 2.18 bits per heavy atom. The van der Waals surface area contributed by atoms with Gasteiger partial charge >= 0.3 is 0 Å². The molecule has 1 N–H and O–H groups in total. The Bertz CT molecular complexity index is 424. The van der Waals surface area contributed by atoms with Gasteiger partial charge < -0.3 is 5.32 Å². The van der Waals surface area contributed by atoms with Crippen LogP contribution in [-0.2, 0) is 4.79 Å². The van der Waals surface area contributed by atoms with E-state index in [0.717, 1.165) is 16.1 Å². The molecular weight excluding hydrogens is 234 g/mol. The third-order valence-electron chi connectivity index (χ3n) is 2.31. The van der Waals surface area contributed by atoms with E-state index in [2.05, 4.69) is 19.2 Å². The molecule has 0 aromatic heterocycles. The van der Waals surface area contributed by atoms with Crippen LogP contribution in [0.15, 0.2) is 24.3 Å². The van der Waals surface area contributed by atoms with Crippen molar-refractivity contribution in [3.8, 4) is 0 Å². The lowest BCUT2D eigenvalue weighted by molar-refractivity contribution is -0.116. The normalized spacial score (nSPS) is 11.1. The Morgan fingerprint density at radius 1 is 1.47 bits per heavy atom. The quantitative estimate of drug-likeness (QED) is 0.817. The summed E-state index contributed by atoms with van der Waals surface area (Å²) in [7, 11) is 0. The van der Waals surface area contributed by atoms with Crippen LogP contribution in [0, 0.1) is 12.8 Å². The van der Waals surface area contributed by atoms with Crippen LogP contribution in [0.25, 0.3) is 6.08 Å². The molecule has 1 aromatic carbocycles. The number of carbonyl (C=O) groups excluding carboxylic acids is 1. The van der Waals surface area contributed by atoms with Crippen LogP contribution in [0.4, 0.5) is 0 Å². The van der Waals surface area contributed by atoms with Crippen LogP contribution in [0.5, 0.6) is 0 Å². The van der Waals surface area contributed by atoms with Crippen molar-refractivity contribution in [3.63, 3.8) is 0 Å². The molecule has 1 aromatic rings. The van der Waals surface area contributed by atoms with Crippen LogP contribution in [-0.4, -0.2) is 12.5 Å². The summed E-state index contributed by atoms with van der Waals surface area (Å²) in [6.45, 7) is 6.76. The summed E-state index contributed by atoms with van der Waals surface area (Å²) in [5.41, 5.74) is 1.97. The highest BCUT2D eigenvalue weighted by Gasteiger charge is 1.98. The molecule has 92 valence electrons. The second-order valence-corrected chi connectivity index (χ2v) is 4.89. The third-order valence-corrected chi connectivity index (χ3v) is 2.71. The zero-order chi connectivity index (χ0) is 12.8.